The Balaban J connectivity index is 2.44. The molecule has 1 nitrogen and oxygen atoms in total. The van der Waals surface area contributed by atoms with Gasteiger partial charge >= 0.3 is 0 Å². The molecule has 0 aliphatic carbocycles. The maximum absolute atomic E-state index is 3.76. The quantitative estimate of drug-likeness (QED) is 0.511. The summed E-state index contributed by atoms with van der Waals surface area (Å²) in [7, 11) is 0. The third-order valence-corrected chi connectivity index (χ3v) is 2.80. The first-order valence-corrected chi connectivity index (χ1v) is 6.27. The number of unbranched alkanes of at least 4 members (excludes halogenated alkanes) is 2. The summed E-state index contributed by atoms with van der Waals surface area (Å²) in [6, 6.07) is 11.2. The highest BCUT2D eigenvalue weighted by molar-refractivity contribution is 5.18. The Labute approximate surface area is 99.6 Å². The average molecular weight is 217 g/mol. The maximum atomic E-state index is 3.76. The van der Waals surface area contributed by atoms with Crippen molar-refractivity contribution < 1.29 is 0 Å². The van der Waals surface area contributed by atoms with Crippen LogP contribution in [0.15, 0.2) is 43.0 Å². The molecule has 1 unspecified atom stereocenters. The summed E-state index contributed by atoms with van der Waals surface area (Å²) in [4.78, 5) is 0. The summed E-state index contributed by atoms with van der Waals surface area (Å²) in [5, 5.41) is 3.55. The Kier molecular flexibility index (Phi) is 6.59. The van der Waals surface area contributed by atoms with E-state index in [9.17, 15) is 0 Å². The van der Waals surface area contributed by atoms with Gasteiger partial charge in [-0.2, -0.15) is 0 Å². The predicted octanol–water partition coefficient (Wildman–Crippen LogP) is 4.08. The number of rotatable bonds is 8. The second-order valence-electron chi connectivity index (χ2n) is 4.09. The molecule has 1 heteroatoms. The van der Waals surface area contributed by atoms with Crippen LogP contribution in [0, 0.1) is 0 Å². The Morgan fingerprint density at radius 2 is 2.00 bits per heavy atom. The lowest BCUT2D eigenvalue weighted by Crippen LogP contribution is -2.20. The van der Waals surface area contributed by atoms with Gasteiger partial charge in [0.05, 0.1) is 0 Å². The average Bonchev–Trinajstić information content (AvgIpc) is 2.34. The zero-order valence-electron chi connectivity index (χ0n) is 10.3. The van der Waals surface area contributed by atoms with Crippen molar-refractivity contribution in [1.29, 1.82) is 0 Å². The first kappa shape index (κ1) is 13.0. The van der Waals surface area contributed by atoms with Gasteiger partial charge < -0.3 is 5.32 Å². The van der Waals surface area contributed by atoms with E-state index in [4.69, 9.17) is 0 Å². The number of benzene rings is 1. The van der Waals surface area contributed by atoms with Crippen molar-refractivity contribution in [2.45, 2.75) is 38.6 Å². The van der Waals surface area contributed by atoms with E-state index in [1.807, 2.05) is 6.08 Å². The van der Waals surface area contributed by atoms with Gasteiger partial charge in [0, 0.05) is 6.04 Å². The molecular formula is C15H23N. The number of allylic oxidation sites excluding steroid dienone is 1. The number of hydrogen-bond donors (Lipinski definition) is 1. The van der Waals surface area contributed by atoms with Crippen LogP contribution in [0.5, 0.6) is 0 Å². The highest BCUT2D eigenvalue weighted by atomic mass is 14.9. The van der Waals surface area contributed by atoms with Gasteiger partial charge in [0.25, 0.3) is 0 Å². The molecule has 0 heterocycles. The van der Waals surface area contributed by atoms with E-state index in [2.05, 4.69) is 49.2 Å². The molecule has 0 aliphatic rings. The summed E-state index contributed by atoms with van der Waals surface area (Å²) in [5.74, 6) is 0. The maximum Gasteiger partial charge on any atom is 0.0320 e. The SMILES string of the molecule is C=CCCCCC(NCC)c1ccccc1. The lowest BCUT2D eigenvalue weighted by molar-refractivity contribution is 0.490. The lowest BCUT2D eigenvalue weighted by Gasteiger charge is -2.18. The van der Waals surface area contributed by atoms with E-state index in [0.29, 0.717) is 6.04 Å². The molecular weight excluding hydrogens is 194 g/mol. The Morgan fingerprint density at radius 1 is 1.25 bits per heavy atom. The van der Waals surface area contributed by atoms with E-state index < -0.39 is 0 Å². The zero-order chi connectivity index (χ0) is 11.6. The Hall–Kier alpha value is -1.08. The zero-order valence-corrected chi connectivity index (χ0v) is 10.3. The van der Waals surface area contributed by atoms with Crippen molar-refractivity contribution in [3.05, 3.63) is 48.6 Å². The van der Waals surface area contributed by atoms with Crippen LogP contribution in [0.2, 0.25) is 0 Å². The molecule has 0 bridgehead atoms. The molecule has 1 aromatic carbocycles. The van der Waals surface area contributed by atoms with E-state index in [0.717, 1.165) is 13.0 Å². The molecule has 0 spiro atoms. The van der Waals surface area contributed by atoms with Crippen LogP contribution in [0.25, 0.3) is 0 Å². The summed E-state index contributed by atoms with van der Waals surface area (Å²) < 4.78 is 0. The van der Waals surface area contributed by atoms with Crippen LogP contribution in [-0.2, 0) is 0 Å². The predicted molar refractivity (Wildman–Crippen MR) is 71.5 cm³/mol. The summed E-state index contributed by atoms with van der Waals surface area (Å²) in [6.07, 6.45) is 6.86. The molecule has 1 rings (SSSR count). The van der Waals surface area contributed by atoms with E-state index in [1.165, 1.54) is 24.8 Å². The molecule has 1 N–H and O–H groups in total. The fourth-order valence-electron chi connectivity index (χ4n) is 1.96. The van der Waals surface area contributed by atoms with E-state index in [-0.39, 0.29) is 0 Å². The Bertz CT molecular complexity index is 279. The van der Waals surface area contributed by atoms with Gasteiger partial charge in [-0.15, -0.1) is 6.58 Å². The number of nitrogens with one attached hydrogen (secondary N) is 1. The van der Waals surface area contributed by atoms with Crippen molar-refractivity contribution in [3.63, 3.8) is 0 Å². The fraction of sp³-hybridized carbons (Fsp3) is 0.467. The first-order chi connectivity index (χ1) is 7.88. The minimum Gasteiger partial charge on any atom is -0.310 e. The van der Waals surface area contributed by atoms with Gasteiger partial charge in [0.2, 0.25) is 0 Å². The van der Waals surface area contributed by atoms with Crippen molar-refractivity contribution in [2.75, 3.05) is 6.54 Å². The fourth-order valence-corrected chi connectivity index (χ4v) is 1.96. The molecule has 0 saturated heterocycles. The van der Waals surface area contributed by atoms with Crippen molar-refractivity contribution in [2.24, 2.45) is 0 Å². The smallest absolute Gasteiger partial charge is 0.0320 e. The van der Waals surface area contributed by atoms with Crippen LogP contribution in [0.1, 0.15) is 44.2 Å². The highest BCUT2D eigenvalue weighted by Crippen LogP contribution is 2.19. The van der Waals surface area contributed by atoms with Crippen LogP contribution in [0.3, 0.4) is 0 Å². The third kappa shape index (κ3) is 4.63. The molecule has 0 aromatic heterocycles. The van der Waals surface area contributed by atoms with Gasteiger partial charge in [-0.05, 0) is 31.4 Å². The highest BCUT2D eigenvalue weighted by Gasteiger charge is 2.08. The van der Waals surface area contributed by atoms with Crippen LogP contribution >= 0.6 is 0 Å². The van der Waals surface area contributed by atoms with Crippen LogP contribution in [-0.4, -0.2) is 6.54 Å². The minimum atomic E-state index is 0.510. The second kappa shape index (κ2) is 8.12. The summed E-state index contributed by atoms with van der Waals surface area (Å²) >= 11 is 0. The molecule has 16 heavy (non-hydrogen) atoms. The van der Waals surface area contributed by atoms with Gasteiger partial charge in [-0.25, -0.2) is 0 Å². The lowest BCUT2D eigenvalue weighted by atomic mass is 10.0. The van der Waals surface area contributed by atoms with Crippen molar-refractivity contribution >= 4 is 0 Å². The molecule has 0 radical (unpaired) electrons. The molecule has 1 aromatic rings. The van der Waals surface area contributed by atoms with E-state index in [1.54, 1.807) is 0 Å². The van der Waals surface area contributed by atoms with Gasteiger partial charge in [-0.1, -0.05) is 49.8 Å². The normalized spacial score (nSPS) is 12.3. The van der Waals surface area contributed by atoms with Gasteiger partial charge in [0.15, 0.2) is 0 Å². The second-order valence-corrected chi connectivity index (χ2v) is 4.09. The minimum absolute atomic E-state index is 0.510. The summed E-state index contributed by atoms with van der Waals surface area (Å²) in [5.41, 5.74) is 1.41. The molecule has 1 atom stereocenters. The van der Waals surface area contributed by atoms with Crippen molar-refractivity contribution in [3.8, 4) is 0 Å². The van der Waals surface area contributed by atoms with Crippen LogP contribution in [0.4, 0.5) is 0 Å². The summed E-state index contributed by atoms with van der Waals surface area (Å²) in [6.45, 7) is 6.95. The topological polar surface area (TPSA) is 12.0 Å². The van der Waals surface area contributed by atoms with E-state index >= 15 is 0 Å². The standard InChI is InChI=1S/C15H23N/c1-3-5-6-10-13-15(16-4-2)14-11-8-7-9-12-14/h3,7-9,11-12,15-16H,1,4-6,10,13H2,2H3. The Morgan fingerprint density at radius 3 is 2.62 bits per heavy atom. The number of hydrogen-bond acceptors (Lipinski definition) is 1. The van der Waals surface area contributed by atoms with Gasteiger partial charge in [0.1, 0.15) is 0 Å². The monoisotopic (exact) mass is 217 g/mol. The largest absolute Gasteiger partial charge is 0.310 e. The molecule has 88 valence electrons. The molecule has 0 aliphatic heterocycles. The van der Waals surface area contributed by atoms with Gasteiger partial charge in [-0.3, -0.25) is 0 Å². The van der Waals surface area contributed by atoms with Crippen molar-refractivity contribution in [1.82, 2.24) is 5.32 Å². The first-order valence-electron chi connectivity index (χ1n) is 6.27. The van der Waals surface area contributed by atoms with Crippen LogP contribution < -0.4 is 5.32 Å². The molecule has 0 fully saturated rings. The molecule has 0 saturated carbocycles. The third-order valence-electron chi connectivity index (χ3n) is 2.80. The molecule has 0 amide bonds.